The molecule has 13 heavy (non-hydrogen) atoms. The number of benzene rings is 1. The highest BCUT2D eigenvalue weighted by Gasteiger charge is 2.27. The van der Waals surface area contributed by atoms with Gasteiger partial charge in [-0.1, -0.05) is 18.2 Å². The lowest BCUT2D eigenvalue weighted by molar-refractivity contribution is 0.599. The molecule has 0 saturated carbocycles. The Bertz CT molecular complexity index is 385. The summed E-state index contributed by atoms with van der Waals surface area (Å²) in [7, 11) is -3.04. The minimum Gasteiger partial charge on any atom is -0.270 e. The van der Waals surface area contributed by atoms with Gasteiger partial charge in [-0.25, -0.2) is 8.42 Å². The van der Waals surface area contributed by atoms with Gasteiger partial charge >= 0.3 is 0 Å². The van der Waals surface area contributed by atoms with Crippen LogP contribution in [-0.2, 0) is 10.0 Å². The Balaban J connectivity index is 2.38. The standard InChI is InChI=1S/C9H10NO2S/c11-13(12)8-4-7-10(13)9-5-2-1-3-6-9/h1-3,5H,4,7-8H2. The van der Waals surface area contributed by atoms with Crippen molar-refractivity contribution in [2.75, 3.05) is 16.6 Å². The highest BCUT2D eigenvalue weighted by atomic mass is 32.2. The van der Waals surface area contributed by atoms with E-state index in [1.165, 1.54) is 4.31 Å². The molecule has 1 aromatic rings. The van der Waals surface area contributed by atoms with Crippen LogP contribution in [0.1, 0.15) is 6.42 Å². The van der Waals surface area contributed by atoms with Gasteiger partial charge in [0.05, 0.1) is 11.4 Å². The fourth-order valence-electron chi connectivity index (χ4n) is 1.45. The molecular formula is C9H10NO2S. The molecule has 0 aromatic heterocycles. The average molecular weight is 196 g/mol. The highest BCUT2D eigenvalue weighted by molar-refractivity contribution is 7.93. The van der Waals surface area contributed by atoms with E-state index in [0.29, 0.717) is 18.7 Å². The van der Waals surface area contributed by atoms with Crippen LogP contribution in [0, 0.1) is 6.07 Å². The second-order valence-corrected chi connectivity index (χ2v) is 5.00. The quantitative estimate of drug-likeness (QED) is 0.672. The van der Waals surface area contributed by atoms with E-state index < -0.39 is 10.0 Å². The van der Waals surface area contributed by atoms with Crippen molar-refractivity contribution in [1.82, 2.24) is 0 Å². The Kier molecular flexibility index (Phi) is 2.00. The van der Waals surface area contributed by atoms with Crippen molar-refractivity contribution in [3.05, 3.63) is 30.3 Å². The van der Waals surface area contributed by atoms with Crippen molar-refractivity contribution in [2.24, 2.45) is 0 Å². The molecule has 0 bridgehead atoms. The number of nitrogens with zero attached hydrogens (tertiary/aromatic N) is 1. The van der Waals surface area contributed by atoms with E-state index in [9.17, 15) is 8.42 Å². The maximum absolute atomic E-state index is 11.5. The van der Waals surface area contributed by atoms with Crippen LogP contribution in [-0.4, -0.2) is 20.7 Å². The summed E-state index contributed by atoms with van der Waals surface area (Å²) in [6, 6.07) is 10.0. The SMILES string of the molecule is O=S1(=O)CCCN1c1[c]cccc1. The molecular weight excluding hydrogens is 186 g/mol. The van der Waals surface area contributed by atoms with Gasteiger partial charge in [-0.15, -0.1) is 0 Å². The zero-order chi connectivity index (χ0) is 9.31. The molecule has 4 heteroatoms. The predicted octanol–water partition coefficient (Wildman–Crippen LogP) is 1.03. The first-order valence-corrected chi connectivity index (χ1v) is 5.78. The number of sulfonamides is 1. The molecule has 1 aliphatic rings. The van der Waals surface area contributed by atoms with E-state index in [1.807, 2.05) is 12.1 Å². The molecule has 0 unspecified atom stereocenters. The molecule has 0 amide bonds. The third-order valence-corrected chi connectivity index (χ3v) is 3.92. The topological polar surface area (TPSA) is 37.4 Å². The number of rotatable bonds is 1. The maximum atomic E-state index is 11.5. The zero-order valence-electron chi connectivity index (χ0n) is 7.10. The fourth-order valence-corrected chi connectivity index (χ4v) is 2.98. The molecule has 0 aliphatic carbocycles. The van der Waals surface area contributed by atoms with Crippen molar-refractivity contribution >= 4 is 15.7 Å². The molecule has 0 atom stereocenters. The van der Waals surface area contributed by atoms with Gasteiger partial charge in [0.15, 0.2) is 0 Å². The summed E-state index contributed by atoms with van der Waals surface area (Å²) in [5, 5.41) is 0. The van der Waals surface area contributed by atoms with Gasteiger partial charge < -0.3 is 0 Å². The van der Waals surface area contributed by atoms with Crippen molar-refractivity contribution in [3.8, 4) is 0 Å². The van der Waals surface area contributed by atoms with Crippen LogP contribution in [0.4, 0.5) is 5.69 Å². The van der Waals surface area contributed by atoms with Crippen molar-refractivity contribution < 1.29 is 8.42 Å². The number of anilines is 1. The molecule has 2 rings (SSSR count). The van der Waals surface area contributed by atoms with E-state index in [4.69, 9.17) is 0 Å². The molecule has 69 valence electrons. The Labute approximate surface area is 78.0 Å². The molecule has 0 N–H and O–H groups in total. The molecule has 3 nitrogen and oxygen atoms in total. The second-order valence-electron chi connectivity index (χ2n) is 2.99. The molecule has 1 fully saturated rings. The summed E-state index contributed by atoms with van der Waals surface area (Å²) < 4.78 is 24.4. The van der Waals surface area contributed by atoms with Crippen molar-refractivity contribution in [2.45, 2.75) is 6.42 Å². The number of para-hydroxylation sites is 1. The smallest absolute Gasteiger partial charge is 0.235 e. The van der Waals surface area contributed by atoms with Crippen LogP contribution in [0.5, 0.6) is 0 Å². The van der Waals surface area contributed by atoms with Crippen molar-refractivity contribution in [3.63, 3.8) is 0 Å². The van der Waals surface area contributed by atoms with Crippen LogP contribution >= 0.6 is 0 Å². The second kappa shape index (κ2) is 3.03. The normalized spacial score (nSPS) is 20.5. The van der Waals surface area contributed by atoms with Gasteiger partial charge in [0, 0.05) is 12.6 Å². The summed E-state index contributed by atoms with van der Waals surface area (Å²) in [6.45, 7) is 0.586. The first kappa shape index (κ1) is 8.56. The van der Waals surface area contributed by atoms with E-state index in [-0.39, 0.29) is 5.75 Å². The van der Waals surface area contributed by atoms with Gasteiger partial charge in [0.2, 0.25) is 10.0 Å². The zero-order valence-corrected chi connectivity index (χ0v) is 7.92. The first-order chi connectivity index (χ1) is 6.20. The molecule has 1 radical (unpaired) electrons. The van der Waals surface area contributed by atoms with E-state index >= 15 is 0 Å². The van der Waals surface area contributed by atoms with Crippen LogP contribution < -0.4 is 4.31 Å². The van der Waals surface area contributed by atoms with Crippen molar-refractivity contribution in [1.29, 1.82) is 0 Å². The molecule has 1 saturated heterocycles. The van der Waals surface area contributed by atoms with Gasteiger partial charge in [0.1, 0.15) is 0 Å². The van der Waals surface area contributed by atoms with Crippen LogP contribution in [0.25, 0.3) is 0 Å². The monoisotopic (exact) mass is 196 g/mol. The maximum Gasteiger partial charge on any atom is 0.235 e. The summed E-state index contributed by atoms with van der Waals surface area (Å²) >= 11 is 0. The van der Waals surface area contributed by atoms with Gasteiger partial charge in [-0.3, -0.25) is 4.31 Å². The van der Waals surface area contributed by atoms with Crippen LogP contribution in [0.15, 0.2) is 24.3 Å². The average Bonchev–Trinajstić information content (AvgIpc) is 2.47. The minimum absolute atomic E-state index is 0.260. The molecule has 1 aromatic carbocycles. The van der Waals surface area contributed by atoms with Crippen LogP contribution in [0.2, 0.25) is 0 Å². The Morgan fingerprint density at radius 2 is 2.23 bits per heavy atom. The highest BCUT2D eigenvalue weighted by Crippen LogP contribution is 2.22. The van der Waals surface area contributed by atoms with E-state index in [1.54, 1.807) is 12.1 Å². The predicted molar refractivity (Wildman–Crippen MR) is 51.0 cm³/mol. The lowest BCUT2D eigenvalue weighted by atomic mass is 10.3. The van der Waals surface area contributed by atoms with Crippen LogP contribution in [0.3, 0.4) is 0 Å². The molecule has 1 heterocycles. The third-order valence-electron chi connectivity index (χ3n) is 2.06. The lowest BCUT2D eigenvalue weighted by Gasteiger charge is -2.15. The summed E-state index contributed by atoms with van der Waals surface area (Å²) in [4.78, 5) is 0. The third kappa shape index (κ3) is 1.54. The van der Waals surface area contributed by atoms with Gasteiger partial charge in [-0.05, 0) is 12.5 Å². The summed E-state index contributed by atoms with van der Waals surface area (Å²) in [5.41, 5.74) is 0.653. The Morgan fingerprint density at radius 3 is 2.77 bits per heavy atom. The fraction of sp³-hybridized carbons (Fsp3) is 0.333. The van der Waals surface area contributed by atoms with Gasteiger partial charge in [-0.2, -0.15) is 0 Å². The lowest BCUT2D eigenvalue weighted by Crippen LogP contribution is -2.24. The summed E-state index contributed by atoms with van der Waals surface area (Å²) in [6.07, 6.45) is 0.713. The number of hydrogen-bond donors (Lipinski definition) is 0. The summed E-state index contributed by atoms with van der Waals surface area (Å²) in [5.74, 6) is 0.260. The molecule has 0 spiro atoms. The van der Waals surface area contributed by atoms with E-state index in [2.05, 4.69) is 6.07 Å². The Hall–Kier alpha value is -1.03. The van der Waals surface area contributed by atoms with E-state index in [0.717, 1.165) is 0 Å². The van der Waals surface area contributed by atoms with Gasteiger partial charge in [0.25, 0.3) is 0 Å². The number of hydrogen-bond acceptors (Lipinski definition) is 2. The Morgan fingerprint density at radius 1 is 1.38 bits per heavy atom. The minimum atomic E-state index is -3.04. The largest absolute Gasteiger partial charge is 0.270 e. The first-order valence-electron chi connectivity index (χ1n) is 4.17. The molecule has 1 aliphatic heterocycles.